The van der Waals surface area contributed by atoms with E-state index in [4.69, 9.17) is 9.47 Å². The number of unbranched alkanes of at least 4 members (excludes halogenated alkanes) is 1. The topological polar surface area (TPSA) is 96.4 Å². The summed E-state index contributed by atoms with van der Waals surface area (Å²) in [4.78, 5) is 13.9. The minimum atomic E-state index is -3.88. The maximum atomic E-state index is 14.0. The molecule has 3 aromatic rings. The molecule has 0 saturated carbocycles. The Balaban J connectivity index is 1.77. The Kier molecular flexibility index (Phi) is 6.83. The Labute approximate surface area is 217 Å². The fourth-order valence-corrected chi connectivity index (χ4v) is 6.52. The highest BCUT2D eigenvalue weighted by Crippen LogP contribution is 2.46. The third kappa shape index (κ3) is 4.65. The van der Waals surface area contributed by atoms with Gasteiger partial charge in [-0.3, -0.25) is 0 Å². The first kappa shape index (κ1) is 25.1. The number of para-hydroxylation sites is 1. The van der Waals surface area contributed by atoms with Crippen molar-refractivity contribution in [3.05, 3.63) is 66.2 Å². The van der Waals surface area contributed by atoms with E-state index >= 15 is 0 Å². The van der Waals surface area contributed by atoms with Gasteiger partial charge in [-0.25, -0.2) is 13.2 Å². The average molecular weight is 523 g/mol. The molecular weight excluding hydrogens is 492 g/mol. The number of rotatable bonds is 5. The zero-order chi connectivity index (χ0) is 26.2. The number of anilines is 2. The van der Waals surface area contributed by atoms with E-state index in [2.05, 4.69) is 6.92 Å². The number of ether oxygens (including phenoxy) is 2. The lowest BCUT2D eigenvalue weighted by Crippen LogP contribution is -2.40. The summed E-state index contributed by atoms with van der Waals surface area (Å²) in [6, 6.07) is 17.5. The van der Waals surface area contributed by atoms with Gasteiger partial charge in [0.2, 0.25) is 10.0 Å². The number of hydrogen-bond acceptors (Lipinski definition) is 6. The Morgan fingerprint density at radius 2 is 1.70 bits per heavy atom. The maximum absolute atomic E-state index is 14.0. The van der Waals surface area contributed by atoms with Crippen molar-refractivity contribution in [2.75, 3.05) is 31.7 Å². The first-order valence-electron chi connectivity index (χ1n) is 12.4. The zero-order valence-electron chi connectivity index (χ0n) is 20.9. The molecule has 0 bridgehead atoms. The van der Waals surface area contributed by atoms with Crippen molar-refractivity contribution in [2.45, 2.75) is 37.1 Å². The van der Waals surface area contributed by atoms with Gasteiger partial charge in [0.1, 0.15) is 29.6 Å². The van der Waals surface area contributed by atoms with Gasteiger partial charge in [-0.05, 0) is 42.8 Å². The van der Waals surface area contributed by atoms with Crippen LogP contribution in [-0.2, 0) is 10.0 Å². The van der Waals surface area contributed by atoms with E-state index in [9.17, 15) is 18.3 Å². The van der Waals surface area contributed by atoms with Gasteiger partial charge >= 0.3 is 5.97 Å². The molecular formula is C28H30N2O6S. The highest BCUT2D eigenvalue weighted by Gasteiger charge is 2.38. The van der Waals surface area contributed by atoms with Crippen LogP contribution < -0.4 is 14.4 Å². The van der Waals surface area contributed by atoms with Gasteiger partial charge in [0.25, 0.3) is 0 Å². The highest BCUT2D eigenvalue weighted by atomic mass is 32.2. The molecule has 2 heterocycles. The summed E-state index contributed by atoms with van der Waals surface area (Å²) in [7, 11) is -2.24. The predicted molar refractivity (Wildman–Crippen MR) is 142 cm³/mol. The van der Waals surface area contributed by atoms with Crippen molar-refractivity contribution in [2.24, 2.45) is 0 Å². The summed E-state index contributed by atoms with van der Waals surface area (Å²) >= 11 is 0. The summed E-state index contributed by atoms with van der Waals surface area (Å²) in [5, 5.41) is 9.59. The average Bonchev–Trinajstić information content (AvgIpc) is 2.96. The Morgan fingerprint density at radius 1 is 1.00 bits per heavy atom. The van der Waals surface area contributed by atoms with Crippen LogP contribution in [0.25, 0.3) is 11.1 Å². The molecule has 5 rings (SSSR count). The number of benzene rings is 3. The summed E-state index contributed by atoms with van der Waals surface area (Å²) in [6.45, 7) is 3.13. The molecule has 1 N–H and O–H groups in total. The second kappa shape index (κ2) is 10.1. The first-order chi connectivity index (χ1) is 17.8. The number of sulfonamides is 1. The second-order valence-electron chi connectivity index (χ2n) is 9.29. The van der Waals surface area contributed by atoms with Crippen LogP contribution in [0.5, 0.6) is 11.5 Å². The SMILES string of the molecule is CCCC[C@@H]1CN(c2ccccc2)c2cc3c(cc2S(=O)(=O)N1C)-c1cc(C(=O)O)ccc1OCCO3. The van der Waals surface area contributed by atoms with E-state index in [1.165, 1.54) is 16.4 Å². The van der Waals surface area contributed by atoms with Crippen LogP contribution in [-0.4, -0.2) is 56.6 Å². The van der Waals surface area contributed by atoms with Gasteiger partial charge in [-0.15, -0.1) is 0 Å². The summed E-state index contributed by atoms with van der Waals surface area (Å²) in [5.74, 6) is -0.116. The molecule has 2 aliphatic heterocycles. The van der Waals surface area contributed by atoms with Crippen LogP contribution in [0.15, 0.2) is 65.6 Å². The molecule has 0 aromatic heterocycles. The molecule has 3 aromatic carbocycles. The fourth-order valence-electron chi connectivity index (χ4n) is 4.94. The van der Waals surface area contributed by atoms with E-state index in [0.29, 0.717) is 34.9 Å². The molecule has 0 amide bonds. The van der Waals surface area contributed by atoms with Crippen molar-refractivity contribution in [1.82, 2.24) is 4.31 Å². The number of carbonyl (C=O) groups is 1. The molecule has 0 spiro atoms. The summed E-state index contributed by atoms with van der Waals surface area (Å²) in [6.07, 6.45) is 2.61. The molecule has 0 radical (unpaired) electrons. The molecule has 37 heavy (non-hydrogen) atoms. The molecule has 2 aliphatic rings. The molecule has 1 atom stereocenters. The molecule has 9 heteroatoms. The van der Waals surface area contributed by atoms with E-state index in [0.717, 1.165) is 24.9 Å². The van der Waals surface area contributed by atoms with Crippen LogP contribution in [0.4, 0.5) is 11.4 Å². The molecule has 194 valence electrons. The van der Waals surface area contributed by atoms with Crippen LogP contribution in [0.3, 0.4) is 0 Å². The number of aromatic carboxylic acids is 1. The van der Waals surface area contributed by atoms with Crippen LogP contribution in [0, 0.1) is 0 Å². The number of fused-ring (bicyclic) bond motifs is 4. The minimum absolute atomic E-state index is 0.0781. The molecule has 0 unspecified atom stereocenters. The summed E-state index contributed by atoms with van der Waals surface area (Å²) < 4.78 is 41.4. The third-order valence-corrected chi connectivity index (χ3v) is 8.93. The normalized spacial score (nSPS) is 18.6. The van der Waals surface area contributed by atoms with Crippen molar-refractivity contribution in [1.29, 1.82) is 0 Å². The lowest BCUT2D eigenvalue weighted by Gasteiger charge is -2.30. The number of likely N-dealkylation sites (N-methyl/N-ethyl adjacent to an activating group) is 1. The predicted octanol–water partition coefficient (Wildman–Crippen LogP) is 5.15. The number of carboxylic acid groups (broad SMARTS) is 1. The molecule has 0 fully saturated rings. The van der Waals surface area contributed by atoms with Gasteiger partial charge < -0.3 is 19.5 Å². The first-order valence-corrected chi connectivity index (χ1v) is 13.9. The van der Waals surface area contributed by atoms with E-state index in [-0.39, 0.29) is 29.7 Å². The van der Waals surface area contributed by atoms with Crippen LogP contribution >= 0.6 is 0 Å². The van der Waals surface area contributed by atoms with Crippen LogP contribution in [0.2, 0.25) is 0 Å². The standard InChI is InChI=1S/C28H30N2O6S/c1-3-4-8-21-18-30(20-9-6-5-7-10-20)24-17-26-23(16-27(24)37(33,34)29(21)2)22-15-19(28(31)32)11-12-25(22)35-13-14-36-26/h5-7,9-12,15-17,21H,3-4,8,13-14,18H2,1-2H3,(H,31,32)/t21-/m1/s1. The fraction of sp³-hybridized carbons (Fsp3) is 0.321. The number of carboxylic acids is 1. The Bertz CT molecular complexity index is 1420. The zero-order valence-corrected chi connectivity index (χ0v) is 21.7. The lowest BCUT2D eigenvalue weighted by atomic mass is 9.99. The van der Waals surface area contributed by atoms with E-state index in [1.54, 1.807) is 25.2 Å². The van der Waals surface area contributed by atoms with Gasteiger partial charge in [-0.2, -0.15) is 4.31 Å². The monoisotopic (exact) mass is 522 g/mol. The quantitative estimate of drug-likeness (QED) is 0.495. The van der Waals surface area contributed by atoms with Crippen molar-refractivity contribution in [3.63, 3.8) is 0 Å². The minimum Gasteiger partial charge on any atom is -0.489 e. The smallest absolute Gasteiger partial charge is 0.335 e. The van der Waals surface area contributed by atoms with E-state index in [1.807, 2.05) is 35.2 Å². The molecule has 8 nitrogen and oxygen atoms in total. The van der Waals surface area contributed by atoms with Gasteiger partial charge in [0.05, 0.1) is 11.3 Å². The second-order valence-corrected chi connectivity index (χ2v) is 11.3. The molecule has 0 saturated heterocycles. The lowest BCUT2D eigenvalue weighted by molar-refractivity contribution is 0.0697. The van der Waals surface area contributed by atoms with Crippen molar-refractivity contribution in [3.8, 4) is 22.6 Å². The van der Waals surface area contributed by atoms with E-state index < -0.39 is 16.0 Å². The van der Waals surface area contributed by atoms with Gasteiger partial charge in [-0.1, -0.05) is 38.0 Å². The maximum Gasteiger partial charge on any atom is 0.335 e. The van der Waals surface area contributed by atoms with Gasteiger partial charge in [0.15, 0.2) is 0 Å². The van der Waals surface area contributed by atoms with Crippen LogP contribution in [0.1, 0.15) is 36.5 Å². The Morgan fingerprint density at radius 3 is 2.41 bits per heavy atom. The third-order valence-electron chi connectivity index (χ3n) is 6.99. The number of hydrogen-bond donors (Lipinski definition) is 1. The van der Waals surface area contributed by atoms with Gasteiger partial charge in [0, 0.05) is 42.5 Å². The van der Waals surface area contributed by atoms with Crippen molar-refractivity contribution >= 4 is 27.4 Å². The highest BCUT2D eigenvalue weighted by molar-refractivity contribution is 7.89. The summed E-state index contributed by atoms with van der Waals surface area (Å²) in [5.41, 5.74) is 2.46. The Hall–Kier alpha value is -3.56. The molecule has 0 aliphatic carbocycles. The number of nitrogens with zero attached hydrogens (tertiary/aromatic N) is 2. The van der Waals surface area contributed by atoms with Crippen molar-refractivity contribution < 1.29 is 27.8 Å². The largest absolute Gasteiger partial charge is 0.489 e.